The zero-order valence-corrected chi connectivity index (χ0v) is 17.8. The number of ether oxygens (including phenoxy) is 1. The molecule has 0 rings (SSSR count). The van der Waals surface area contributed by atoms with Crippen molar-refractivity contribution in [1.29, 1.82) is 0 Å². The van der Waals surface area contributed by atoms with Gasteiger partial charge in [0, 0.05) is 25.5 Å². The SMILES string of the molecule is CC(C)CCC(N)=O.CC(C)CCOC(C)(C)CCC(=O)NC(C)C. The lowest BCUT2D eigenvalue weighted by molar-refractivity contribution is -0.123. The molecule has 0 heterocycles. The maximum atomic E-state index is 11.5. The molecule has 5 nitrogen and oxygen atoms in total. The molecule has 0 spiro atoms. The van der Waals surface area contributed by atoms with E-state index in [4.69, 9.17) is 10.5 Å². The fourth-order valence-electron chi connectivity index (χ4n) is 1.88. The van der Waals surface area contributed by atoms with Crippen molar-refractivity contribution in [2.45, 2.75) is 99.1 Å². The Hall–Kier alpha value is -1.10. The molecule has 2 amide bonds. The molecule has 0 fully saturated rings. The van der Waals surface area contributed by atoms with Crippen LogP contribution in [0.1, 0.15) is 87.5 Å². The van der Waals surface area contributed by atoms with Crippen LogP contribution in [0.5, 0.6) is 0 Å². The predicted molar refractivity (Wildman–Crippen MR) is 105 cm³/mol. The summed E-state index contributed by atoms with van der Waals surface area (Å²) in [5, 5.41) is 2.90. The quantitative estimate of drug-likeness (QED) is 0.585. The Labute approximate surface area is 155 Å². The lowest BCUT2D eigenvalue weighted by Crippen LogP contribution is -2.33. The van der Waals surface area contributed by atoms with Gasteiger partial charge in [-0.3, -0.25) is 9.59 Å². The number of nitrogens with two attached hydrogens (primary N) is 1. The molecule has 0 aliphatic carbocycles. The third-order valence-electron chi connectivity index (χ3n) is 3.56. The number of hydrogen-bond donors (Lipinski definition) is 2. The van der Waals surface area contributed by atoms with Crippen LogP contribution in [-0.4, -0.2) is 30.1 Å². The van der Waals surface area contributed by atoms with E-state index in [9.17, 15) is 9.59 Å². The Morgan fingerprint density at radius 3 is 1.84 bits per heavy atom. The minimum atomic E-state index is -0.205. The van der Waals surface area contributed by atoms with Gasteiger partial charge in [0.15, 0.2) is 0 Å². The topological polar surface area (TPSA) is 81.4 Å². The molecular weight excluding hydrogens is 316 g/mol. The zero-order valence-electron chi connectivity index (χ0n) is 17.8. The summed E-state index contributed by atoms with van der Waals surface area (Å²) in [7, 11) is 0. The van der Waals surface area contributed by atoms with Crippen LogP contribution in [0, 0.1) is 11.8 Å². The molecular formula is C20H42N2O3. The maximum Gasteiger partial charge on any atom is 0.220 e. The number of hydrogen-bond acceptors (Lipinski definition) is 3. The molecule has 0 saturated heterocycles. The van der Waals surface area contributed by atoms with E-state index < -0.39 is 0 Å². The summed E-state index contributed by atoms with van der Waals surface area (Å²) in [5.41, 5.74) is 4.70. The van der Waals surface area contributed by atoms with E-state index in [0.717, 1.165) is 25.9 Å². The first-order valence-electron chi connectivity index (χ1n) is 9.57. The van der Waals surface area contributed by atoms with Crippen LogP contribution in [0.4, 0.5) is 0 Å². The van der Waals surface area contributed by atoms with E-state index >= 15 is 0 Å². The normalized spacial score (nSPS) is 11.5. The second-order valence-electron chi connectivity index (χ2n) is 8.41. The third-order valence-corrected chi connectivity index (χ3v) is 3.56. The van der Waals surface area contributed by atoms with Gasteiger partial charge in [-0.2, -0.15) is 0 Å². The van der Waals surface area contributed by atoms with Crippen molar-refractivity contribution in [2.75, 3.05) is 6.61 Å². The molecule has 0 aromatic carbocycles. The van der Waals surface area contributed by atoms with Crippen molar-refractivity contribution in [3.05, 3.63) is 0 Å². The van der Waals surface area contributed by atoms with Crippen LogP contribution in [0.25, 0.3) is 0 Å². The molecule has 0 aliphatic rings. The van der Waals surface area contributed by atoms with Crippen molar-refractivity contribution in [3.63, 3.8) is 0 Å². The summed E-state index contributed by atoms with van der Waals surface area (Å²) >= 11 is 0. The van der Waals surface area contributed by atoms with E-state index in [0.29, 0.717) is 24.7 Å². The number of carbonyl (C=O) groups is 2. The van der Waals surface area contributed by atoms with Gasteiger partial charge in [0.2, 0.25) is 11.8 Å². The van der Waals surface area contributed by atoms with E-state index in [1.165, 1.54) is 0 Å². The van der Waals surface area contributed by atoms with Gasteiger partial charge < -0.3 is 15.8 Å². The Balaban J connectivity index is 0. The van der Waals surface area contributed by atoms with Gasteiger partial charge in [-0.25, -0.2) is 0 Å². The Morgan fingerprint density at radius 1 is 0.960 bits per heavy atom. The number of amides is 2. The fraction of sp³-hybridized carbons (Fsp3) is 0.900. The summed E-state index contributed by atoms with van der Waals surface area (Å²) < 4.78 is 5.82. The van der Waals surface area contributed by atoms with Crippen molar-refractivity contribution in [2.24, 2.45) is 17.6 Å². The molecule has 0 aliphatic heterocycles. The first-order valence-corrected chi connectivity index (χ1v) is 9.57. The predicted octanol–water partition coefficient (Wildman–Crippen LogP) is 4.04. The van der Waals surface area contributed by atoms with Gasteiger partial charge in [-0.1, -0.05) is 27.7 Å². The molecule has 0 aromatic heterocycles. The van der Waals surface area contributed by atoms with Crippen LogP contribution in [-0.2, 0) is 14.3 Å². The monoisotopic (exact) mass is 358 g/mol. The first-order chi connectivity index (χ1) is 11.4. The molecule has 3 N–H and O–H groups in total. The summed E-state index contributed by atoms with van der Waals surface area (Å²) in [6.45, 7) is 17.3. The first kappa shape index (κ1) is 26.1. The molecule has 0 bridgehead atoms. The van der Waals surface area contributed by atoms with Crippen LogP contribution < -0.4 is 11.1 Å². The van der Waals surface area contributed by atoms with Gasteiger partial charge >= 0.3 is 0 Å². The Bertz CT molecular complexity index is 364. The van der Waals surface area contributed by atoms with E-state index in [1.54, 1.807) is 0 Å². The van der Waals surface area contributed by atoms with Crippen LogP contribution >= 0.6 is 0 Å². The summed E-state index contributed by atoms with van der Waals surface area (Å²) in [6, 6.07) is 0.215. The highest BCUT2D eigenvalue weighted by Gasteiger charge is 2.20. The molecule has 25 heavy (non-hydrogen) atoms. The fourth-order valence-corrected chi connectivity index (χ4v) is 1.88. The largest absolute Gasteiger partial charge is 0.376 e. The number of rotatable bonds is 11. The number of carbonyl (C=O) groups excluding carboxylic acids is 2. The third kappa shape index (κ3) is 22.9. The van der Waals surface area contributed by atoms with Crippen LogP contribution in [0.3, 0.4) is 0 Å². The molecule has 150 valence electrons. The Kier molecular flexibility index (Phi) is 14.7. The molecule has 0 aromatic rings. The maximum absolute atomic E-state index is 11.5. The average molecular weight is 359 g/mol. The highest BCUT2D eigenvalue weighted by atomic mass is 16.5. The van der Waals surface area contributed by atoms with E-state index in [1.807, 2.05) is 13.8 Å². The summed E-state index contributed by atoms with van der Waals surface area (Å²) in [6.07, 6.45) is 3.81. The van der Waals surface area contributed by atoms with Crippen LogP contribution in [0.2, 0.25) is 0 Å². The van der Waals surface area contributed by atoms with Crippen molar-refractivity contribution in [3.8, 4) is 0 Å². The second-order valence-corrected chi connectivity index (χ2v) is 8.41. The van der Waals surface area contributed by atoms with Gasteiger partial charge in [0.1, 0.15) is 0 Å². The van der Waals surface area contributed by atoms with Gasteiger partial charge in [0.25, 0.3) is 0 Å². The van der Waals surface area contributed by atoms with Gasteiger partial charge in [-0.05, 0) is 58.8 Å². The summed E-state index contributed by atoms with van der Waals surface area (Å²) in [4.78, 5) is 21.6. The molecule has 0 unspecified atom stereocenters. The highest BCUT2D eigenvalue weighted by molar-refractivity contribution is 5.76. The standard InChI is InChI=1S/C14H29NO2.C6H13NO/c1-11(2)8-10-17-14(5,6)9-7-13(16)15-12(3)4;1-5(2)3-4-6(7)8/h11-12H,7-10H2,1-6H3,(H,15,16);5H,3-4H2,1-2H3,(H2,7,8). The zero-order chi connectivity index (χ0) is 20.0. The molecule has 0 radical (unpaired) electrons. The van der Waals surface area contributed by atoms with Crippen molar-refractivity contribution < 1.29 is 14.3 Å². The van der Waals surface area contributed by atoms with Crippen molar-refractivity contribution >= 4 is 11.8 Å². The van der Waals surface area contributed by atoms with Gasteiger partial charge in [-0.15, -0.1) is 0 Å². The minimum Gasteiger partial charge on any atom is -0.376 e. The minimum absolute atomic E-state index is 0.112. The van der Waals surface area contributed by atoms with E-state index in [2.05, 4.69) is 46.9 Å². The van der Waals surface area contributed by atoms with Crippen LogP contribution in [0.15, 0.2) is 0 Å². The number of nitrogens with one attached hydrogen (secondary N) is 1. The smallest absolute Gasteiger partial charge is 0.220 e. The lowest BCUT2D eigenvalue weighted by Gasteiger charge is -2.25. The van der Waals surface area contributed by atoms with Crippen molar-refractivity contribution in [1.82, 2.24) is 5.32 Å². The van der Waals surface area contributed by atoms with Gasteiger partial charge in [0.05, 0.1) is 5.60 Å². The highest BCUT2D eigenvalue weighted by Crippen LogP contribution is 2.17. The lowest BCUT2D eigenvalue weighted by atomic mass is 10.0. The molecule has 5 heteroatoms. The second kappa shape index (κ2) is 14.1. The Morgan fingerprint density at radius 2 is 1.48 bits per heavy atom. The average Bonchev–Trinajstić information content (AvgIpc) is 2.42. The molecule has 0 atom stereocenters. The summed E-state index contributed by atoms with van der Waals surface area (Å²) in [5.74, 6) is 1.16. The number of primary amides is 1. The van der Waals surface area contributed by atoms with E-state index in [-0.39, 0.29) is 23.5 Å². The molecule has 0 saturated carbocycles.